The van der Waals surface area contributed by atoms with E-state index in [1.807, 2.05) is 48.2 Å². The van der Waals surface area contributed by atoms with Gasteiger partial charge in [0, 0.05) is 12.1 Å². The second-order valence-electron chi connectivity index (χ2n) is 7.44. The van der Waals surface area contributed by atoms with Crippen molar-refractivity contribution in [1.29, 1.82) is 0 Å². The van der Waals surface area contributed by atoms with E-state index in [1.165, 1.54) is 0 Å². The SMILES string of the molecule is COc1ccc(-c2noc([C@@H]3CCCN3C(=O)Cc3cccc(C)c3)n2)cc1OC. The molecule has 0 unspecified atom stereocenters. The van der Waals surface area contributed by atoms with E-state index in [1.54, 1.807) is 20.3 Å². The van der Waals surface area contributed by atoms with Crippen LogP contribution in [0.15, 0.2) is 47.0 Å². The van der Waals surface area contributed by atoms with E-state index in [9.17, 15) is 4.79 Å². The van der Waals surface area contributed by atoms with Crippen LogP contribution in [0.3, 0.4) is 0 Å². The summed E-state index contributed by atoms with van der Waals surface area (Å²) in [5.41, 5.74) is 2.93. The van der Waals surface area contributed by atoms with E-state index in [4.69, 9.17) is 14.0 Å². The molecule has 7 heteroatoms. The summed E-state index contributed by atoms with van der Waals surface area (Å²) in [6, 6.07) is 13.3. The zero-order valence-corrected chi connectivity index (χ0v) is 17.4. The number of aromatic nitrogens is 2. The summed E-state index contributed by atoms with van der Waals surface area (Å²) in [6.45, 7) is 2.73. The van der Waals surface area contributed by atoms with Gasteiger partial charge in [-0.2, -0.15) is 4.98 Å². The summed E-state index contributed by atoms with van der Waals surface area (Å²) in [5, 5.41) is 4.13. The van der Waals surface area contributed by atoms with E-state index in [0.29, 0.717) is 36.2 Å². The van der Waals surface area contributed by atoms with Crippen molar-refractivity contribution >= 4 is 5.91 Å². The zero-order chi connectivity index (χ0) is 21.1. The Morgan fingerprint density at radius 1 is 1.17 bits per heavy atom. The maximum absolute atomic E-state index is 12.9. The Morgan fingerprint density at radius 3 is 2.77 bits per heavy atom. The van der Waals surface area contributed by atoms with E-state index in [0.717, 1.165) is 29.5 Å². The Morgan fingerprint density at radius 2 is 2.00 bits per heavy atom. The lowest BCUT2D eigenvalue weighted by Gasteiger charge is -2.22. The molecule has 1 amide bonds. The number of rotatable bonds is 6. The van der Waals surface area contributed by atoms with Gasteiger partial charge in [-0.3, -0.25) is 4.79 Å². The van der Waals surface area contributed by atoms with Gasteiger partial charge in [0.1, 0.15) is 6.04 Å². The van der Waals surface area contributed by atoms with Crippen molar-refractivity contribution in [2.45, 2.75) is 32.2 Å². The molecule has 0 spiro atoms. The smallest absolute Gasteiger partial charge is 0.249 e. The molecule has 3 aromatic rings. The molecule has 30 heavy (non-hydrogen) atoms. The molecule has 1 saturated heterocycles. The average Bonchev–Trinajstić information content (AvgIpc) is 3.42. The van der Waals surface area contributed by atoms with Crippen LogP contribution in [-0.2, 0) is 11.2 Å². The fraction of sp³-hybridized carbons (Fsp3) is 0.348. The van der Waals surface area contributed by atoms with E-state index in [2.05, 4.69) is 10.1 Å². The van der Waals surface area contributed by atoms with Gasteiger partial charge in [-0.25, -0.2) is 0 Å². The number of amides is 1. The summed E-state index contributed by atoms with van der Waals surface area (Å²) in [4.78, 5) is 19.4. The Kier molecular flexibility index (Phi) is 5.70. The molecule has 1 fully saturated rings. The van der Waals surface area contributed by atoms with Gasteiger partial charge in [-0.15, -0.1) is 0 Å². The molecule has 2 heterocycles. The van der Waals surface area contributed by atoms with Crippen LogP contribution in [0.5, 0.6) is 11.5 Å². The van der Waals surface area contributed by atoms with Crippen molar-refractivity contribution in [2.24, 2.45) is 0 Å². The van der Waals surface area contributed by atoms with Crippen LogP contribution in [0.2, 0.25) is 0 Å². The van der Waals surface area contributed by atoms with Crippen molar-refractivity contribution in [1.82, 2.24) is 15.0 Å². The predicted molar refractivity (Wildman–Crippen MR) is 111 cm³/mol. The summed E-state index contributed by atoms with van der Waals surface area (Å²) in [6.07, 6.45) is 2.10. The average molecular weight is 407 g/mol. The largest absolute Gasteiger partial charge is 0.493 e. The molecule has 1 aliphatic heterocycles. The molecule has 0 radical (unpaired) electrons. The van der Waals surface area contributed by atoms with Crippen LogP contribution in [-0.4, -0.2) is 41.7 Å². The topological polar surface area (TPSA) is 77.7 Å². The van der Waals surface area contributed by atoms with E-state index >= 15 is 0 Å². The van der Waals surface area contributed by atoms with Crippen molar-refractivity contribution in [3.05, 3.63) is 59.5 Å². The Balaban J connectivity index is 1.53. The minimum absolute atomic E-state index is 0.0777. The lowest BCUT2D eigenvalue weighted by molar-refractivity contribution is -0.131. The van der Waals surface area contributed by atoms with Crippen LogP contribution in [0.4, 0.5) is 0 Å². The number of ether oxygens (including phenoxy) is 2. The Bertz CT molecular complexity index is 1050. The number of hydrogen-bond donors (Lipinski definition) is 0. The third-order valence-electron chi connectivity index (χ3n) is 5.38. The first-order valence-electron chi connectivity index (χ1n) is 10.00. The number of carbonyl (C=O) groups is 1. The molecule has 2 aromatic carbocycles. The number of aryl methyl sites for hydroxylation is 1. The van der Waals surface area contributed by atoms with Crippen LogP contribution < -0.4 is 9.47 Å². The normalized spacial score (nSPS) is 16.0. The molecule has 7 nitrogen and oxygen atoms in total. The molecular weight excluding hydrogens is 382 g/mol. The van der Waals surface area contributed by atoms with Gasteiger partial charge in [0.15, 0.2) is 11.5 Å². The van der Waals surface area contributed by atoms with Crippen molar-refractivity contribution in [3.8, 4) is 22.9 Å². The van der Waals surface area contributed by atoms with Crippen LogP contribution in [0.25, 0.3) is 11.4 Å². The zero-order valence-electron chi connectivity index (χ0n) is 17.4. The fourth-order valence-corrected chi connectivity index (χ4v) is 3.88. The molecule has 4 rings (SSSR count). The number of methoxy groups -OCH3 is 2. The monoisotopic (exact) mass is 407 g/mol. The first-order chi connectivity index (χ1) is 14.6. The van der Waals surface area contributed by atoms with Crippen LogP contribution >= 0.6 is 0 Å². The summed E-state index contributed by atoms with van der Waals surface area (Å²) in [5.74, 6) is 2.23. The first-order valence-corrected chi connectivity index (χ1v) is 10.00. The molecule has 156 valence electrons. The molecule has 1 aliphatic rings. The van der Waals surface area contributed by atoms with Gasteiger partial charge >= 0.3 is 0 Å². The molecular formula is C23H25N3O4. The summed E-state index contributed by atoms with van der Waals surface area (Å²) in [7, 11) is 3.17. The van der Waals surface area contributed by atoms with E-state index in [-0.39, 0.29) is 11.9 Å². The maximum atomic E-state index is 12.9. The van der Waals surface area contributed by atoms with Gasteiger partial charge in [-0.1, -0.05) is 35.0 Å². The third kappa shape index (κ3) is 4.01. The fourth-order valence-electron chi connectivity index (χ4n) is 3.88. The Hall–Kier alpha value is -3.35. The molecule has 1 aromatic heterocycles. The van der Waals surface area contributed by atoms with Crippen LogP contribution in [0, 0.1) is 6.92 Å². The van der Waals surface area contributed by atoms with Gasteiger partial charge in [0.2, 0.25) is 17.6 Å². The maximum Gasteiger partial charge on any atom is 0.249 e. The minimum Gasteiger partial charge on any atom is -0.493 e. The summed E-state index contributed by atoms with van der Waals surface area (Å²) >= 11 is 0. The van der Waals surface area contributed by atoms with Crippen LogP contribution in [0.1, 0.15) is 35.9 Å². The molecule has 0 bridgehead atoms. The predicted octanol–water partition coefficient (Wildman–Crippen LogP) is 3.97. The lowest BCUT2D eigenvalue weighted by atomic mass is 10.1. The molecule has 0 saturated carbocycles. The van der Waals surface area contributed by atoms with Gasteiger partial charge in [0.05, 0.1) is 20.6 Å². The lowest BCUT2D eigenvalue weighted by Crippen LogP contribution is -2.32. The number of carbonyl (C=O) groups excluding carboxylic acids is 1. The summed E-state index contributed by atoms with van der Waals surface area (Å²) < 4.78 is 16.2. The highest BCUT2D eigenvalue weighted by atomic mass is 16.5. The van der Waals surface area contributed by atoms with Crippen molar-refractivity contribution < 1.29 is 18.8 Å². The highest BCUT2D eigenvalue weighted by molar-refractivity contribution is 5.79. The number of nitrogens with zero attached hydrogens (tertiary/aromatic N) is 3. The van der Waals surface area contributed by atoms with E-state index < -0.39 is 0 Å². The molecule has 0 N–H and O–H groups in total. The van der Waals surface area contributed by atoms with Crippen molar-refractivity contribution in [3.63, 3.8) is 0 Å². The second-order valence-corrected chi connectivity index (χ2v) is 7.44. The third-order valence-corrected chi connectivity index (χ3v) is 5.38. The quantitative estimate of drug-likeness (QED) is 0.615. The highest BCUT2D eigenvalue weighted by Crippen LogP contribution is 2.34. The number of hydrogen-bond acceptors (Lipinski definition) is 6. The van der Waals surface area contributed by atoms with Gasteiger partial charge in [-0.05, 0) is 43.5 Å². The first kappa shape index (κ1) is 19.9. The van der Waals surface area contributed by atoms with Gasteiger partial charge in [0.25, 0.3) is 0 Å². The molecule has 1 atom stereocenters. The van der Waals surface area contributed by atoms with Crippen molar-refractivity contribution in [2.75, 3.05) is 20.8 Å². The standard InChI is InChI=1S/C23H25N3O4/c1-15-6-4-7-16(12-15)13-21(27)26-11-5-8-18(26)23-24-22(25-30-23)17-9-10-19(28-2)20(14-17)29-3/h4,6-7,9-10,12,14,18H,5,8,11,13H2,1-3H3/t18-/m0/s1. The highest BCUT2D eigenvalue weighted by Gasteiger charge is 2.34. The second kappa shape index (κ2) is 8.57. The minimum atomic E-state index is -0.191. The Labute approximate surface area is 175 Å². The number of likely N-dealkylation sites (tertiary alicyclic amines) is 1. The molecule has 0 aliphatic carbocycles. The van der Waals surface area contributed by atoms with Gasteiger partial charge < -0.3 is 18.9 Å². The number of benzene rings is 2.